The normalized spacial score (nSPS) is 28.8. The van der Waals surface area contributed by atoms with E-state index in [4.69, 9.17) is 10.5 Å². The highest BCUT2D eigenvalue weighted by Gasteiger charge is 2.30. The maximum Gasteiger partial charge on any atom is 0.325 e. The number of hydrogen-bond donors (Lipinski definition) is 1. The van der Waals surface area contributed by atoms with Crippen LogP contribution in [0.4, 0.5) is 0 Å². The Bertz CT molecular complexity index is 245. The van der Waals surface area contributed by atoms with Crippen LogP contribution in [-0.4, -0.2) is 42.3 Å². The van der Waals surface area contributed by atoms with Gasteiger partial charge in [0.05, 0.1) is 13.2 Å². The molecule has 1 rings (SSSR count). The van der Waals surface area contributed by atoms with E-state index in [1.54, 1.807) is 6.92 Å². The third kappa shape index (κ3) is 3.64. The van der Waals surface area contributed by atoms with Crippen molar-refractivity contribution in [2.45, 2.75) is 43.6 Å². The van der Waals surface area contributed by atoms with E-state index < -0.39 is 5.54 Å². The summed E-state index contributed by atoms with van der Waals surface area (Å²) in [6.45, 7) is 4.65. The maximum atomic E-state index is 11.3. The summed E-state index contributed by atoms with van der Waals surface area (Å²) in [5.74, 6) is 0.518. The smallest absolute Gasteiger partial charge is 0.325 e. The van der Waals surface area contributed by atoms with Crippen LogP contribution in [0.15, 0.2) is 0 Å². The molecule has 1 aliphatic rings. The zero-order valence-electron chi connectivity index (χ0n) is 10.2. The fourth-order valence-electron chi connectivity index (χ4n) is 1.69. The molecule has 1 heterocycles. The quantitative estimate of drug-likeness (QED) is 0.739. The van der Waals surface area contributed by atoms with Crippen LogP contribution < -0.4 is 5.73 Å². The topological polar surface area (TPSA) is 61.5 Å². The third-order valence-electron chi connectivity index (χ3n) is 2.91. The molecular formula is C11H21NO3S. The lowest BCUT2D eigenvalue weighted by atomic mass is 10.0. The summed E-state index contributed by atoms with van der Waals surface area (Å²) in [6.07, 6.45) is 2.03. The van der Waals surface area contributed by atoms with Gasteiger partial charge in [-0.25, -0.2) is 0 Å². The van der Waals surface area contributed by atoms with E-state index in [9.17, 15) is 4.79 Å². The average Bonchev–Trinajstić information content (AvgIpc) is 2.63. The van der Waals surface area contributed by atoms with E-state index in [1.807, 2.05) is 11.8 Å². The Morgan fingerprint density at radius 1 is 1.69 bits per heavy atom. The largest absolute Gasteiger partial charge is 0.468 e. The first kappa shape index (κ1) is 13.8. The summed E-state index contributed by atoms with van der Waals surface area (Å²) < 4.78 is 10.1. The number of esters is 1. The van der Waals surface area contributed by atoms with Crippen LogP contribution in [0.1, 0.15) is 26.7 Å². The molecule has 16 heavy (non-hydrogen) atoms. The highest BCUT2D eigenvalue weighted by molar-refractivity contribution is 7.99. The summed E-state index contributed by atoms with van der Waals surface area (Å²) in [7, 11) is 1.37. The van der Waals surface area contributed by atoms with E-state index in [0.717, 1.165) is 18.8 Å². The second-order valence-corrected chi connectivity index (χ2v) is 5.78. The van der Waals surface area contributed by atoms with Crippen molar-refractivity contribution in [3.05, 3.63) is 0 Å². The van der Waals surface area contributed by atoms with E-state index in [1.165, 1.54) is 7.11 Å². The summed E-state index contributed by atoms with van der Waals surface area (Å²) >= 11 is 1.83. The number of rotatable bonds is 5. The molecule has 3 unspecified atom stereocenters. The zero-order valence-corrected chi connectivity index (χ0v) is 11.0. The lowest BCUT2D eigenvalue weighted by Crippen LogP contribution is -2.46. The van der Waals surface area contributed by atoms with Crippen LogP contribution in [0.2, 0.25) is 0 Å². The van der Waals surface area contributed by atoms with Crippen LogP contribution >= 0.6 is 11.8 Å². The molecule has 1 aliphatic heterocycles. The monoisotopic (exact) mass is 247 g/mol. The summed E-state index contributed by atoms with van der Waals surface area (Å²) in [5.41, 5.74) is 5.00. The van der Waals surface area contributed by atoms with Crippen LogP contribution in [0.25, 0.3) is 0 Å². The van der Waals surface area contributed by atoms with Gasteiger partial charge in [-0.2, -0.15) is 11.8 Å². The lowest BCUT2D eigenvalue weighted by molar-refractivity contribution is -0.146. The molecule has 3 atom stereocenters. The third-order valence-corrected chi connectivity index (χ3v) is 4.40. The van der Waals surface area contributed by atoms with E-state index in [-0.39, 0.29) is 5.97 Å². The van der Waals surface area contributed by atoms with E-state index in [0.29, 0.717) is 17.8 Å². The van der Waals surface area contributed by atoms with Gasteiger partial charge in [0.25, 0.3) is 0 Å². The van der Waals surface area contributed by atoms with Gasteiger partial charge in [0.1, 0.15) is 5.54 Å². The van der Waals surface area contributed by atoms with Crippen LogP contribution in [0.3, 0.4) is 0 Å². The van der Waals surface area contributed by atoms with Gasteiger partial charge in [-0.1, -0.05) is 0 Å². The molecule has 0 aromatic rings. The van der Waals surface area contributed by atoms with Crippen molar-refractivity contribution in [3.63, 3.8) is 0 Å². The van der Waals surface area contributed by atoms with Crippen LogP contribution in [0.5, 0.6) is 0 Å². The molecule has 0 saturated carbocycles. The van der Waals surface area contributed by atoms with Crippen molar-refractivity contribution in [1.29, 1.82) is 0 Å². The molecule has 0 aromatic carbocycles. The minimum absolute atomic E-state index is 0.312. The van der Waals surface area contributed by atoms with Gasteiger partial charge < -0.3 is 15.2 Å². The molecule has 0 spiro atoms. The number of nitrogens with two attached hydrogens (primary N) is 1. The molecule has 4 nitrogen and oxygen atoms in total. The number of carbonyl (C=O) groups excluding carboxylic acids is 1. The minimum Gasteiger partial charge on any atom is -0.468 e. The van der Waals surface area contributed by atoms with Crippen molar-refractivity contribution in [3.8, 4) is 0 Å². The highest BCUT2D eigenvalue weighted by atomic mass is 32.2. The molecule has 2 N–H and O–H groups in total. The summed E-state index contributed by atoms with van der Waals surface area (Å²) in [6, 6.07) is 0. The van der Waals surface area contributed by atoms with Crippen molar-refractivity contribution in [2.24, 2.45) is 5.73 Å². The Morgan fingerprint density at radius 2 is 2.38 bits per heavy atom. The molecule has 0 bridgehead atoms. The lowest BCUT2D eigenvalue weighted by Gasteiger charge is -2.22. The summed E-state index contributed by atoms with van der Waals surface area (Å²) in [4.78, 5) is 11.3. The van der Waals surface area contributed by atoms with Gasteiger partial charge in [0.15, 0.2) is 0 Å². The maximum absolute atomic E-state index is 11.3. The SMILES string of the molecule is COC(=O)C(C)(N)CCSC1CCOC1C. The molecule has 94 valence electrons. The Labute approximate surface area is 101 Å². The van der Waals surface area contributed by atoms with E-state index >= 15 is 0 Å². The van der Waals surface area contributed by atoms with Crippen molar-refractivity contribution in [1.82, 2.24) is 0 Å². The number of hydrogen-bond acceptors (Lipinski definition) is 5. The second-order valence-electron chi connectivity index (χ2n) is 4.43. The van der Waals surface area contributed by atoms with Gasteiger partial charge in [-0.05, 0) is 32.4 Å². The van der Waals surface area contributed by atoms with Crippen molar-refractivity contribution >= 4 is 17.7 Å². The molecule has 1 saturated heterocycles. The molecule has 1 fully saturated rings. The molecule has 0 aliphatic carbocycles. The number of thioether (sulfide) groups is 1. The Balaban J connectivity index is 2.26. The van der Waals surface area contributed by atoms with Gasteiger partial charge in [0, 0.05) is 11.9 Å². The zero-order chi connectivity index (χ0) is 12.2. The highest BCUT2D eigenvalue weighted by Crippen LogP contribution is 2.27. The molecular weight excluding hydrogens is 226 g/mol. The predicted octanol–water partition coefficient (Wildman–Crippen LogP) is 1.18. The summed E-state index contributed by atoms with van der Waals surface area (Å²) in [5, 5.41) is 0.536. The molecule has 0 amide bonds. The van der Waals surface area contributed by atoms with Gasteiger partial charge in [0.2, 0.25) is 0 Å². The Hall–Kier alpha value is -0.260. The molecule has 0 radical (unpaired) electrons. The fourth-order valence-corrected chi connectivity index (χ4v) is 3.15. The Kier molecular flexibility index (Phi) is 5.08. The fraction of sp³-hybridized carbons (Fsp3) is 0.909. The number of ether oxygens (including phenoxy) is 2. The Morgan fingerprint density at radius 3 is 2.88 bits per heavy atom. The first-order valence-electron chi connectivity index (χ1n) is 5.58. The van der Waals surface area contributed by atoms with Gasteiger partial charge in [-0.15, -0.1) is 0 Å². The average molecular weight is 247 g/mol. The van der Waals surface area contributed by atoms with Crippen LogP contribution in [0, 0.1) is 0 Å². The van der Waals surface area contributed by atoms with Gasteiger partial charge in [-0.3, -0.25) is 4.79 Å². The molecule has 0 aromatic heterocycles. The van der Waals surface area contributed by atoms with Crippen molar-refractivity contribution < 1.29 is 14.3 Å². The standard InChI is InChI=1S/C11H21NO3S/c1-8-9(4-6-15-8)16-7-5-11(2,12)10(13)14-3/h8-9H,4-7,12H2,1-3H3. The predicted molar refractivity (Wildman–Crippen MR) is 65.5 cm³/mol. The molecule has 5 heteroatoms. The second kappa shape index (κ2) is 5.89. The number of carbonyl (C=O) groups is 1. The van der Waals surface area contributed by atoms with Gasteiger partial charge >= 0.3 is 5.97 Å². The number of methoxy groups -OCH3 is 1. The minimum atomic E-state index is -0.871. The van der Waals surface area contributed by atoms with E-state index in [2.05, 4.69) is 11.7 Å². The van der Waals surface area contributed by atoms with Crippen molar-refractivity contribution in [2.75, 3.05) is 19.5 Å². The van der Waals surface area contributed by atoms with Crippen LogP contribution in [-0.2, 0) is 14.3 Å². The first-order chi connectivity index (χ1) is 7.47. The first-order valence-corrected chi connectivity index (χ1v) is 6.63.